The summed E-state index contributed by atoms with van der Waals surface area (Å²) in [4.78, 5) is 4.20. The van der Waals surface area contributed by atoms with Gasteiger partial charge in [0.1, 0.15) is 5.75 Å². The highest BCUT2D eigenvalue weighted by molar-refractivity contribution is 5.65. The smallest absolute Gasteiger partial charge is 0.435 e. The van der Waals surface area contributed by atoms with Gasteiger partial charge in [0, 0.05) is 12.1 Å². The number of unbranched alkanes of at least 4 members (excludes halogenated alkanes) is 1. The van der Waals surface area contributed by atoms with Crippen LogP contribution in [0.5, 0.6) is 5.75 Å². The third-order valence-corrected chi connectivity index (χ3v) is 5.12. The molecule has 0 aliphatic heterocycles. The van der Waals surface area contributed by atoms with Crippen molar-refractivity contribution in [2.24, 2.45) is 5.92 Å². The van der Waals surface area contributed by atoms with Crippen molar-refractivity contribution in [1.82, 2.24) is 25.4 Å². The van der Waals surface area contributed by atoms with E-state index in [-0.39, 0.29) is 34.4 Å². The molecule has 0 aliphatic rings. The quantitative estimate of drug-likeness (QED) is 0.347. The van der Waals surface area contributed by atoms with Crippen LogP contribution in [0.15, 0.2) is 24.3 Å². The van der Waals surface area contributed by atoms with Crippen LogP contribution in [-0.4, -0.2) is 32.0 Å². The molecule has 12 heteroatoms. The maximum Gasteiger partial charge on any atom is 0.435 e. The molecule has 0 spiro atoms. The lowest BCUT2D eigenvalue weighted by Crippen LogP contribution is -2.11. The van der Waals surface area contributed by atoms with E-state index in [1.807, 2.05) is 6.92 Å². The molecule has 0 bridgehead atoms. The third-order valence-electron chi connectivity index (χ3n) is 5.12. The second-order valence-electron chi connectivity index (χ2n) is 7.63. The van der Waals surface area contributed by atoms with E-state index >= 15 is 0 Å². The monoisotopic (exact) mass is 475 g/mol. The molecule has 0 saturated carbocycles. The van der Waals surface area contributed by atoms with Gasteiger partial charge in [-0.1, -0.05) is 33.1 Å². The maximum atomic E-state index is 13.0. The number of hydrogen-bond donors (Lipinski definition) is 2. The summed E-state index contributed by atoms with van der Waals surface area (Å²) in [6.07, 6.45) is -5.45. The number of halogens is 6. The maximum absolute atomic E-state index is 13.0. The Morgan fingerprint density at radius 3 is 1.76 bits per heavy atom. The zero-order chi connectivity index (χ0) is 24.2. The van der Waals surface area contributed by atoms with Crippen molar-refractivity contribution in [1.29, 1.82) is 0 Å². The van der Waals surface area contributed by atoms with Gasteiger partial charge in [-0.25, -0.2) is 4.98 Å². The van der Waals surface area contributed by atoms with Gasteiger partial charge in [0.15, 0.2) is 11.4 Å². The summed E-state index contributed by atoms with van der Waals surface area (Å²) in [6.45, 7) is 4.46. The van der Waals surface area contributed by atoms with Gasteiger partial charge in [0.2, 0.25) is 0 Å². The Balaban J connectivity index is 1.97. The number of pyridine rings is 1. The van der Waals surface area contributed by atoms with Crippen LogP contribution in [-0.2, 0) is 12.4 Å². The number of alkyl halides is 6. The molecule has 3 rings (SSSR count). The van der Waals surface area contributed by atoms with Crippen LogP contribution in [0.1, 0.15) is 50.9 Å². The van der Waals surface area contributed by atoms with Gasteiger partial charge in [0.05, 0.1) is 29.4 Å². The molecule has 0 aliphatic carbocycles. The second-order valence-corrected chi connectivity index (χ2v) is 7.63. The Hall–Kier alpha value is -3.05. The Morgan fingerprint density at radius 2 is 1.36 bits per heavy atom. The minimum absolute atomic E-state index is 0.0373. The van der Waals surface area contributed by atoms with Crippen molar-refractivity contribution in [3.63, 3.8) is 0 Å². The lowest BCUT2D eigenvalue weighted by atomic mass is 10.0. The summed E-state index contributed by atoms with van der Waals surface area (Å²) in [6, 6.07) is 4.40. The van der Waals surface area contributed by atoms with E-state index in [2.05, 4.69) is 32.3 Å². The summed E-state index contributed by atoms with van der Waals surface area (Å²) >= 11 is 0. The summed E-state index contributed by atoms with van der Waals surface area (Å²) in [5, 5.41) is 11.1. The molecular weight excluding hydrogens is 452 g/mol. The van der Waals surface area contributed by atoms with Crippen molar-refractivity contribution in [2.45, 2.75) is 51.9 Å². The van der Waals surface area contributed by atoms with E-state index in [1.54, 1.807) is 0 Å². The number of nitrogens with zero attached hydrogens (tertiary/aromatic N) is 3. The average Bonchev–Trinajstić information content (AvgIpc) is 3.43. The van der Waals surface area contributed by atoms with Gasteiger partial charge >= 0.3 is 12.4 Å². The molecule has 0 amide bonds. The van der Waals surface area contributed by atoms with Crippen LogP contribution in [0.4, 0.5) is 26.3 Å². The summed E-state index contributed by atoms with van der Waals surface area (Å²) in [5.41, 5.74) is -2.31. The van der Waals surface area contributed by atoms with Gasteiger partial charge in [-0.15, -0.1) is 0 Å². The van der Waals surface area contributed by atoms with E-state index in [9.17, 15) is 26.3 Å². The predicted octanol–water partition coefficient (Wildman–Crippen LogP) is 6.49. The fraction of sp³-hybridized carbons (Fsp3) is 0.476. The van der Waals surface area contributed by atoms with Gasteiger partial charge in [-0.3, -0.25) is 10.2 Å². The highest BCUT2D eigenvalue weighted by Crippen LogP contribution is 2.34. The molecule has 3 aromatic heterocycles. The molecule has 1 unspecified atom stereocenters. The van der Waals surface area contributed by atoms with Crippen LogP contribution in [0, 0.1) is 5.92 Å². The second kappa shape index (κ2) is 9.84. The molecule has 180 valence electrons. The molecule has 6 nitrogen and oxygen atoms in total. The molecule has 0 fully saturated rings. The number of aromatic amines is 2. The predicted molar refractivity (Wildman–Crippen MR) is 108 cm³/mol. The fourth-order valence-electron chi connectivity index (χ4n) is 3.17. The Kier molecular flexibility index (Phi) is 7.33. The van der Waals surface area contributed by atoms with Crippen LogP contribution in [0.25, 0.3) is 22.8 Å². The first-order valence-electron chi connectivity index (χ1n) is 10.4. The van der Waals surface area contributed by atoms with Gasteiger partial charge in [0.25, 0.3) is 0 Å². The number of nitrogens with one attached hydrogen (secondary N) is 2. The lowest BCUT2D eigenvalue weighted by Gasteiger charge is -2.16. The first-order valence-corrected chi connectivity index (χ1v) is 10.4. The highest BCUT2D eigenvalue weighted by Gasteiger charge is 2.35. The number of rotatable bonds is 9. The minimum Gasteiger partial charge on any atom is -0.493 e. The summed E-state index contributed by atoms with van der Waals surface area (Å²) in [7, 11) is 0. The lowest BCUT2D eigenvalue weighted by molar-refractivity contribution is -0.142. The zero-order valence-electron chi connectivity index (χ0n) is 17.9. The van der Waals surface area contributed by atoms with Gasteiger partial charge < -0.3 is 4.74 Å². The Bertz CT molecular complexity index is 986. The van der Waals surface area contributed by atoms with Gasteiger partial charge in [-0.2, -0.15) is 36.5 Å². The van der Waals surface area contributed by atoms with Crippen LogP contribution in [0.3, 0.4) is 0 Å². The first kappa shape index (κ1) is 24.6. The first-order chi connectivity index (χ1) is 15.5. The molecule has 33 heavy (non-hydrogen) atoms. The average molecular weight is 475 g/mol. The summed E-state index contributed by atoms with van der Waals surface area (Å²) < 4.78 is 83.6. The van der Waals surface area contributed by atoms with Crippen LogP contribution in [0.2, 0.25) is 0 Å². The third kappa shape index (κ3) is 6.26. The molecule has 3 heterocycles. The fourth-order valence-corrected chi connectivity index (χ4v) is 3.17. The molecule has 0 aromatic carbocycles. The zero-order valence-corrected chi connectivity index (χ0v) is 17.9. The van der Waals surface area contributed by atoms with E-state index in [0.29, 0.717) is 6.61 Å². The normalized spacial score (nSPS) is 13.3. The number of hydrogen-bond acceptors (Lipinski definition) is 4. The highest BCUT2D eigenvalue weighted by atomic mass is 19.4. The molecule has 1 atom stereocenters. The van der Waals surface area contributed by atoms with Crippen molar-refractivity contribution in [2.75, 3.05) is 6.61 Å². The van der Waals surface area contributed by atoms with E-state index in [0.717, 1.165) is 37.8 Å². The van der Waals surface area contributed by atoms with Crippen molar-refractivity contribution in [3.05, 3.63) is 35.7 Å². The van der Waals surface area contributed by atoms with E-state index < -0.39 is 23.7 Å². The summed E-state index contributed by atoms with van der Waals surface area (Å²) in [5.74, 6) is 0.522. The number of H-pyrrole nitrogens is 2. The standard InChI is InChI=1S/C21H23F6N5O/c1-3-5-6-12(4-2)11-33-13-7-14(16-9-18(31-29-16)20(22,23)24)28-15(8-13)17-10-19(32-30-17)21(25,26)27/h7-10,12H,3-6,11H2,1-2H3,(H,29,31)(H,30,32). The van der Waals surface area contributed by atoms with E-state index in [1.165, 1.54) is 12.1 Å². The molecule has 0 saturated heterocycles. The molecule has 3 aromatic rings. The molecular formula is C21H23F6N5O. The topological polar surface area (TPSA) is 79.5 Å². The number of ether oxygens (including phenoxy) is 1. The Morgan fingerprint density at radius 1 is 0.848 bits per heavy atom. The SMILES string of the molecule is CCCCC(CC)COc1cc(-c2cc(C(F)(F)F)n[nH]2)nc(-c2cc(C(F)(F)F)n[nH]2)c1. The van der Waals surface area contributed by atoms with Crippen LogP contribution < -0.4 is 4.74 Å². The largest absolute Gasteiger partial charge is 0.493 e. The Labute approximate surface area is 185 Å². The van der Waals surface area contributed by atoms with Crippen molar-refractivity contribution in [3.8, 4) is 28.5 Å². The number of aromatic nitrogens is 5. The van der Waals surface area contributed by atoms with E-state index in [4.69, 9.17) is 4.74 Å². The van der Waals surface area contributed by atoms with Gasteiger partial charge in [-0.05, 0) is 24.5 Å². The molecule has 2 N–H and O–H groups in total. The van der Waals surface area contributed by atoms with Crippen molar-refractivity contribution >= 4 is 0 Å². The van der Waals surface area contributed by atoms with Crippen molar-refractivity contribution < 1.29 is 31.1 Å². The van der Waals surface area contributed by atoms with Crippen LogP contribution >= 0.6 is 0 Å². The molecule has 0 radical (unpaired) electrons. The minimum atomic E-state index is -4.66.